The van der Waals surface area contributed by atoms with Crippen molar-refractivity contribution in [3.63, 3.8) is 0 Å². The monoisotopic (exact) mass is 370 g/mol. The van der Waals surface area contributed by atoms with Crippen molar-refractivity contribution < 1.29 is 4.79 Å². The Morgan fingerprint density at radius 3 is 2.50 bits per heavy atom. The third-order valence-corrected chi connectivity index (χ3v) is 8.97. The minimum Gasteiger partial charge on any atom is -0.350 e. The Labute approximate surface area is 160 Å². The summed E-state index contributed by atoms with van der Waals surface area (Å²) < 4.78 is 0. The first-order valence-electron chi connectivity index (χ1n) is 10.8. The molecule has 26 heavy (non-hydrogen) atoms. The highest BCUT2D eigenvalue weighted by atomic mass is 32.1. The Bertz CT molecular complexity index is 686. The van der Waals surface area contributed by atoms with Gasteiger partial charge in [-0.25, -0.2) is 0 Å². The number of nitrogens with one attached hydrogen (secondary N) is 1. The molecule has 1 aliphatic heterocycles. The number of carbonyl (C=O) groups excluding carboxylic acids is 1. The fourth-order valence-electron chi connectivity index (χ4n) is 7.32. The molecule has 5 fully saturated rings. The molecule has 0 unspecified atom stereocenters. The fourth-order valence-corrected chi connectivity index (χ4v) is 8.24. The van der Waals surface area contributed by atoms with Crippen LogP contribution in [0.25, 0.3) is 0 Å². The lowest BCUT2D eigenvalue weighted by Gasteiger charge is -2.57. The van der Waals surface area contributed by atoms with Crippen molar-refractivity contribution in [2.24, 2.45) is 23.7 Å². The van der Waals surface area contributed by atoms with Crippen molar-refractivity contribution in [3.8, 4) is 0 Å². The fraction of sp³-hybridized carbons (Fsp3) is 0.773. The first-order chi connectivity index (χ1) is 12.7. The van der Waals surface area contributed by atoms with Gasteiger partial charge < -0.3 is 5.32 Å². The molecule has 0 radical (unpaired) electrons. The van der Waals surface area contributed by atoms with E-state index in [1.807, 2.05) is 11.3 Å². The molecule has 4 heteroatoms. The van der Waals surface area contributed by atoms with E-state index in [0.29, 0.717) is 18.5 Å². The summed E-state index contributed by atoms with van der Waals surface area (Å²) in [4.78, 5) is 17.2. The second-order valence-corrected chi connectivity index (χ2v) is 11.0. The second kappa shape index (κ2) is 5.81. The lowest BCUT2D eigenvalue weighted by molar-refractivity contribution is -0.128. The van der Waals surface area contributed by atoms with Crippen LogP contribution in [-0.2, 0) is 11.2 Å². The molecule has 0 spiro atoms. The van der Waals surface area contributed by atoms with Crippen LogP contribution in [0.3, 0.4) is 0 Å². The van der Waals surface area contributed by atoms with Crippen molar-refractivity contribution in [2.75, 3.05) is 13.1 Å². The molecular weight excluding hydrogens is 340 g/mol. The predicted molar refractivity (Wildman–Crippen MR) is 104 cm³/mol. The molecule has 2 heterocycles. The predicted octanol–water partition coefficient (Wildman–Crippen LogP) is 4.14. The van der Waals surface area contributed by atoms with E-state index in [4.69, 9.17) is 0 Å². The molecule has 0 aromatic carbocycles. The molecule has 1 aromatic rings. The molecule has 1 aromatic heterocycles. The normalized spacial score (nSPS) is 41.2. The van der Waals surface area contributed by atoms with E-state index in [2.05, 4.69) is 21.7 Å². The highest BCUT2D eigenvalue weighted by Crippen LogP contribution is 2.55. The standard InChI is InChI=1S/C22H30N2OS/c25-20(23-22-10-14-7-15(11-22)9-16(8-14)12-22)13-24-5-3-19-18(4-6-26-19)21(24)17-1-2-17/h4,6,14-17,21H,1-3,5,7-13H2,(H,23,25)/t14?,15?,16?,21-,22?/m1/s1. The van der Waals surface area contributed by atoms with E-state index in [1.54, 1.807) is 4.88 Å². The van der Waals surface area contributed by atoms with Crippen LogP contribution in [0.15, 0.2) is 11.4 Å². The van der Waals surface area contributed by atoms with Crippen LogP contribution < -0.4 is 5.32 Å². The van der Waals surface area contributed by atoms with Gasteiger partial charge in [0.15, 0.2) is 0 Å². The summed E-state index contributed by atoms with van der Waals surface area (Å²) in [7, 11) is 0. The highest BCUT2D eigenvalue weighted by molar-refractivity contribution is 7.10. The quantitative estimate of drug-likeness (QED) is 0.864. The van der Waals surface area contributed by atoms with Crippen molar-refractivity contribution >= 4 is 17.2 Å². The molecule has 1 N–H and O–H groups in total. The highest BCUT2D eigenvalue weighted by Gasteiger charge is 2.51. The van der Waals surface area contributed by atoms with E-state index in [1.165, 1.54) is 56.9 Å². The molecule has 1 amide bonds. The largest absolute Gasteiger partial charge is 0.350 e. The van der Waals surface area contributed by atoms with E-state index in [-0.39, 0.29) is 5.54 Å². The van der Waals surface area contributed by atoms with Gasteiger partial charge >= 0.3 is 0 Å². The number of nitrogens with zero attached hydrogens (tertiary/aromatic N) is 1. The Morgan fingerprint density at radius 1 is 1.15 bits per heavy atom. The van der Waals surface area contributed by atoms with E-state index >= 15 is 0 Å². The van der Waals surface area contributed by atoms with Gasteiger partial charge in [0, 0.05) is 23.0 Å². The van der Waals surface area contributed by atoms with Gasteiger partial charge in [0.1, 0.15) is 0 Å². The first-order valence-corrected chi connectivity index (χ1v) is 11.7. The van der Waals surface area contributed by atoms with Crippen LogP contribution >= 0.6 is 11.3 Å². The maximum Gasteiger partial charge on any atom is 0.234 e. The molecule has 7 rings (SSSR count). The molecule has 5 saturated carbocycles. The van der Waals surface area contributed by atoms with Crippen molar-refractivity contribution in [1.29, 1.82) is 0 Å². The summed E-state index contributed by atoms with van der Waals surface area (Å²) in [5.74, 6) is 3.77. The van der Waals surface area contributed by atoms with Crippen LogP contribution in [0.2, 0.25) is 0 Å². The second-order valence-electron chi connectivity index (χ2n) is 10.0. The number of carbonyl (C=O) groups is 1. The summed E-state index contributed by atoms with van der Waals surface area (Å²) in [6.45, 7) is 1.67. The van der Waals surface area contributed by atoms with Gasteiger partial charge in [0.2, 0.25) is 5.91 Å². The number of amides is 1. The Balaban J connectivity index is 1.17. The molecule has 6 aliphatic rings. The summed E-state index contributed by atoms with van der Waals surface area (Å²) in [5.41, 5.74) is 1.69. The van der Waals surface area contributed by atoms with Crippen LogP contribution in [0.1, 0.15) is 67.8 Å². The number of hydrogen-bond acceptors (Lipinski definition) is 3. The molecule has 1 atom stereocenters. The van der Waals surface area contributed by atoms with Gasteiger partial charge in [-0.05, 0) is 98.5 Å². The van der Waals surface area contributed by atoms with Crippen molar-refractivity contribution in [1.82, 2.24) is 10.2 Å². The van der Waals surface area contributed by atoms with Crippen LogP contribution in [0.4, 0.5) is 0 Å². The SMILES string of the molecule is O=C(CN1CCc2sccc2[C@H]1C1CC1)NC12CC3CC(CC(C3)C1)C2. The van der Waals surface area contributed by atoms with E-state index < -0.39 is 0 Å². The third-order valence-electron chi connectivity index (χ3n) is 7.98. The molecule has 0 saturated heterocycles. The average Bonchev–Trinajstić information content (AvgIpc) is 3.29. The van der Waals surface area contributed by atoms with Gasteiger partial charge in [0.25, 0.3) is 0 Å². The smallest absolute Gasteiger partial charge is 0.234 e. The van der Waals surface area contributed by atoms with Crippen molar-refractivity contribution in [3.05, 3.63) is 21.9 Å². The minimum absolute atomic E-state index is 0.157. The van der Waals surface area contributed by atoms with Gasteiger partial charge in [0.05, 0.1) is 6.54 Å². The van der Waals surface area contributed by atoms with Gasteiger partial charge in [-0.2, -0.15) is 0 Å². The number of hydrogen-bond donors (Lipinski definition) is 1. The molecule has 3 nitrogen and oxygen atoms in total. The zero-order chi connectivity index (χ0) is 17.3. The van der Waals surface area contributed by atoms with Crippen LogP contribution in [0.5, 0.6) is 0 Å². The lowest BCUT2D eigenvalue weighted by Crippen LogP contribution is -2.61. The Morgan fingerprint density at radius 2 is 1.85 bits per heavy atom. The topological polar surface area (TPSA) is 32.3 Å². The van der Waals surface area contributed by atoms with E-state index in [9.17, 15) is 4.79 Å². The summed E-state index contributed by atoms with van der Waals surface area (Å²) in [5, 5.41) is 5.84. The maximum absolute atomic E-state index is 13.1. The summed E-state index contributed by atoms with van der Waals surface area (Å²) in [6.07, 6.45) is 11.9. The molecule has 140 valence electrons. The van der Waals surface area contributed by atoms with Gasteiger partial charge in [-0.1, -0.05) is 0 Å². The van der Waals surface area contributed by atoms with Gasteiger partial charge in [-0.15, -0.1) is 11.3 Å². The van der Waals surface area contributed by atoms with Gasteiger partial charge in [-0.3, -0.25) is 9.69 Å². The van der Waals surface area contributed by atoms with Crippen LogP contribution in [0, 0.1) is 23.7 Å². The zero-order valence-electron chi connectivity index (χ0n) is 15.6. The lowest BCUT2D eigenvalue weighted by atomic mass is 9.53. The first kappa shape index (κ1) is 16.1. The minimum atomic E-state index is 0.157. The number of fused-ring (bicyclic) bond motifs is 1. The molecule has 4 bridgehead atoms. The molecular formula is C22H30N2OS. The van der Waals surface area contributed by atoms with E-state index in [0.717, 1.165) is 36.6 Å². The summed E-state index contributed by atoms with van der Waals surface area (Å²) >= 11 is 1.91. The molecule has 5 aliphatic carbocycles. The maximum atomic E-state index is 13.1. The zero-order valence-corrected chi connectivity index (χ0v) is 16.4. The Kier molecular flexibility index (Phi) is 3.60. The Hall–Kier alpha value is -0.870. The number of thiophene rings is 1. The average molecular weight is 371 g/mol. The van der Waals surface area contributed by atoms with Crippen LogP contribution in [-0.4, -0.2) is 29.4 Å². The van der Waals surface area contributed by atoms with Crippen molar-refractivity contribution in [2.45, 2.75) is 69.4 Å². The summed E-state index contributed by atoms with van der Waals surface area (Å²) in [6, 6.07) is 2.83. The number of rotatable bonds is 4. The third kappa shape index (κ3) is 2.67.